The fraction of sp³-hybridized carbons (Fsp3) is 0.500. The summed E-state index contributed by atoms with van der Waals surface area (Å²) in [6, 6.07) is 0. The van der Waals surface area contributed by atoms with Crippen LogP contribution in [0.2, 0.25) is 0 Å². The highest BCUT2D eigenvalue weighted by molar-refractivity contribution is 5.21. The Hall–Kier alpha value is -1.26. The minimum absolute atomic E-state index is 0.330. The lowest BCUT2D eigenvalue weighted by Crippen LogP contribution is -2.29. The van der Waals surface area contributed by atoms with Crippen LogP contribution in [0.25, 0.3) is 0 Å². The summed E-state index contributed by atoms with van der Waals surface area (Å²) < 4.78 is 52.3. The molecule has 0 aromatic carbocycles. The van der Waals surface area contributed by atoms with Crippen LogP contribution in [-0.2, 0) is 4.74 Å². The highest BCUT2D eigenvalue weighted by Crippen LogP contribution is 2.27. The molecule has 0 saturated carbocycles. The Labute approximate surface area is 99.5 Å². The zero-order valence-corrected chi connectivity index (χ0v) is 10.4. The molecule has 0 aliphatic rings. The van der Waals surface area contributed by atoms with Crippen molar-refractivity contribution in [1.82, 2.24) is 0 Å². The van der Waals surface area contributed by atoms with Gasteiger partial charge in [0.2, 0.25) is 0 Å². The van der Waals surface area contributed by atoms with Gasteiger partial charge in [0, 0.05) is 0 Å². The van der Waals surface area contributed by atoms with Gasteiger partial charge in [-0.15, -0.1) is 0 Å². The summed E-state index contributed by atoms with van der Waals surface area (Å²) in [5.74, 6) is -0.330. The topological polar surface area (TPSA) is 9.23 Å². The van der Waals surface area contributed by atoms with Crippen molar-refractivity contribution in [3.8, 4) is 0 Å². The van der Waals surface area contributed by atoms with Crippen LogP contribution in [0.5, 0.6) is 0 Å². The van der Waals surface area contributed by atoms with Gasteiger partial charge in [-0.25, -0.2) is 0 Å². The van der Waals surface area contributed by atoms with E-state index in [1.807, 2.05) is 13.8 Å². The van der Waals surface area contributed by atoms with E-state index in [0.717, 1.165) is 12.2 Å². The second-order valence-electron chi connectivity index (χ2n) is 2.84. The van der Waals surface area contributed by atoms with E-state index in [4.69, 9.17) is 0 Å². The smallest absolute Gasteiger partial charge is 0.429 e. The molecule has 0 amide bonds. The Morgan fingerprint density at radius 2 is 1.71 bits per heavy atom. The Balaban J connectivity index is 0. The van der Waals surface area contributed by atoms with E-state index in [0.29, 0.717) is 5.57 Å². The first-order chi connectivity index (χ1) is 7.79. The SMILES string of the molecule is C=C(C)/C=C\C(=C/C)OC(F)(F)C(F)F.CC. The number of halogens is 4. The van der Waals surface area contributed by atoms with Gasteiger partial charge in [0.25, 0.3) is 0 Å². The highest BCUT2D eigenvalue weighted by Gasteiger charge is 2.44. The molecule has 0 fully saturated rings. The summed E-state index contributed by atoms with van der Waals surface area (Å²) in [6.45, 7) is 10.5. The Bertz CT molecular complexity index is 280. The lowest BCUT2D eigenvalue weighted by molar-refractivity contribution is -0.279. The molecule has 0 bridgehead atoms. The average Bonchev–Trinajstić information content (AvgIpc) is 2.26. The predicted molar refractivity (Wildman–Crippen MR) is 61.1 cm³/mol. The second kappa shape index (κ2) is 8.84. The minimum Gasteiger partial charge on any atom is -0.429 e. The van der Waals surface area contributed by atoms with Crippen LogP contribution in [0.15, 0.2) is 36.1 Å². The van der Waals surface area contributed by atoms with Crippen molar-refractivity contribution in [3.05, 3.63) is 36.1 Å². The molecular weight excluding hydrogens is 236 g/mol. The first-order valence-corrected chi connectivity index (χ1v) is 5.14. The van der Waals surface area contributed by atoms with Crippen LogP contribution >= 0.6 is 0 Å². The summed E-state index contributed by atoms with van der Waals surface area (Å²) in [6.07, 6.45) is -4.63. The summed E-state index contributed by atoms with van der Waals surface area (Å²) in [5, 5.41) is 0. The van der Waals surface area contributed by atoms with Crippen LogP contribution in [0, 0.1) is 0 Å². The van der Waals surface area contributed by atoms with Crippen LogP contribution in [0.4, 0.5) is 17.6 Å². The third-order valence-corrected chi connectivity index (χ3v) is 1.32. The van der Waals surface area contributed by atoms with E-state index in [1.54, 1.807) is 6.92 Å². The van der Waals surface area contributed by atoms with E-state index in [1.165, 1.54) is 13.0 Å². The third kappa shape index (κ3) is 8.54. The number of hydrogen-bond donors (Lipinski definition) is 0. The van der Waals surface area contributed by atoms with Gasteiger partial charge in [-0.05, 0) is 26.0 Å². The van der Waals surface area contributed by atoms with Crippen LogP contribution in [0.1, 0.15) is 27.7 Å². The van der Waals surface area contributed by atoms with Gasteiger partial charge in [-0.1, -0.05) is 32.1 Å². The maximum Gasteiger partial charge on any atom is 0.461 e. The molecule has 17 heavy (non-hydrogen) atoms. The molecule has 5 heteroatoms. The lowest BCUT2D eigenvalue weighted by Gasteiger charge is -2.17. The van der Waals surface area contributed by atoms with E-state index < -0.39 is 12.5 Å². The molecule has 1 nitrogen and oxygen atoms in total. The molecular formula is C12H18F4O. The van der Waals surface area contributed by atoms with Gasteiger partial charge in [-0.3, -0.25) is 0 Å². The van der Waals surface area contributed by atoms with Crippen LogP contribution < -0.4 is 0 Å². The molecule has 0 rings (SSSR count). The van der Waals surface area contributed by atoms with Gasteiger partial charge < -0.3 is 4.74 Å². The summed E-state index contributed by atoms with van der Waals surface area (Å²) in [5.41, 5.74) is 0.596. The van der Waals surface area contributed by atoms with E-state index in [9.17, 15) is 17.6 Å². The molecule has 0 saturated heterocycles. The number of rotatable bonds is 5. The van der Waals surface area contributed by atoms with Crippen molar-refractivity contribution in [2.75, 3.05) is 0 Å². The van der Waals surface area contributed by atoms with Gasteiger partial charge in [0.05, 0.1) is 0 Å². The van der Waals surface area contributed by atoms with Crippen molar-refractivity contribution in [2.24, 2.45) is 0 Å². The summed E-state index contributed by atoms with van der Waals surface area (Å²) in [4.78, 5) is 0. The molecule has 0 aliphatic carbocycles. The van der Waals surface area contributed by atoms with Gasteiger partial charge in [0.15, 0.2) is 0 Å². The Kier molecular flexibility index (Phi) is 9.42. The predicted octanol–water partition coefficient (Wildman–Crippen LogP) is 4.92. The van der Waals surface area contributed by atoms with Crippen molar-refractivity contribution in [2.45, 2.75) is 40.2 Å². The Morgan fingerprint density at radius 1 is 1.24 bits per heavy atom. The fourth-order valence-electron chi connectivity index (χ4n) is 0.615. The normalized spacial score (nSPS) is 12.4. The molecule has 0 N–H and O–H groups in total. The first-order valence-electron chi connectivity index (χ1n) is 5.14. The molecule has 0 radical (unpaired) electrons. The standard InChI is InChI=1S/C10H12F4O.C2H6/c1-4-8(6-5-7(2)3)15-10(13,14)9(11)12;1-2/h4-6,9H,2H2,1,3H3;1-2H3/b6-5-,8-4+;. The Morgan fingerprint density at radius 3 is 2.00 bits per heavy atom. The third-order valence-electron chi connectivity index (χ3n) is 1.32. The molecule has 0 aromatic rings. The lowest BCUT2D eigenvalue weighted by atomic mass is 10.3. The summed E-state index contributed by atoms with van der Waals surface area (Å²) in [7, 11) is 0. The second-order valence-corrected chi connectivity index (χ2v) is 2.84. The van der Waals surface area contributed by atoms with Gasteiger partial charge in [-0.2, -0.15) is 17.6 Å². The van der Waals surface area contributed by atoms with E-state index in [-0.39, 0.29) is 5.76 Å². The molecule has 0 aromatic heterocycles. The summed E-state index contributed by atoms with van der Waals surface area (Å²) >= 11 is 0. The first kappa shape index (κ1) is 18.1. The molecule has 0 atom stereocenters. The number of hydrogen-bond acceptors (Lipinski definition) is 1. The van der Waals surface area contributed by atoms with E-state index >= 15 is 0 Å². The van der Waals surface area contributed by atoms with Crippen LogP contribution in [-0.4, -0.2) is 12.5 Å². The monoisotopic (exact) mass is 254 g/mol. The number of allylic oxidation sites excluding steroid dienone is 4. The molecule has 0 unspecified atom stereocenters. The molecule has 0 aliphatic heterocycles. The molecule has 100 valence electrons. The van der Waals surface area contributed by atoms with Crippen LogP contribution in [0.3, 0.4) is 0 Å². The maximum absolute atomic E-state index is 12.4. The number of ether oxygens (including phenoxy) is 1. The zero-order chi connectivity index (χ0) is 14.1. The zero-order valence-electron chi connectivity index (χ0n) is 10.4. The quantitative estimate of drug-likeness (QED) is 0.384. The largest absolute Gasteiger partial charge is 0.461 e. The van der Waals surface area contributed by atoms with Crippen molar-refractivity contribution in [3.63, 3.8) is 0 Å². The van der Waals surface area contributed by atoms with Gasteiger partial charge >= 0.3 is 12.5 Å². The maximum atomic E-state index is 12.4. The van der Waals surface area contributed by atoms with Crippen molar-refractivity contribution >= 4 is 0 Å². The molecule has 0 spiro atoms. The van der Waals surface area contributed by atoms with Gasteiger partial charge in [0.1, 0.15) is 5.76 Å². The average molecular weight is 254 g/mol. The highest BCUT2D eigenvalue weighted by atomic mass is 19.3. The van der Waals surface area contributed by atoms with Crippen molar-refractivity contribution < 1.29 is 22.3 Å². The number of alkyl halides is 4. The minimum atomic E-state index is -4.47. The molecule has 0 heterocycles. The fourth-order valence-corrected chi connectivity index (χ4v) is 0.615. The van der Waals surface area contributed by atoms with E-state index in [2.05, 4.69) is 11.3 Å². The van der Waals surface area contributed by atoms with Crippen molar-refractivity contribution in [1.29, 1.82) is 0 Å².